The van der Waals surface area contributed by atoms with E-state index in [1.165, 1.54) is 27.7 Å². The summed E-state index contributed by atoms with van der Waals surface area (Å²) in [6, 6.07) is 8.63. The van der Waals surface area contributed by atoms with E-state index >= 15 is 0 Å². The Morgan fingerprint density at radius 3 is 3.00 bits per heavy atom. The normalized spacial score (nSPS) is 14.8. The Balaban J connectivity index is 1.58. The number of hydrogen-bond donors (Lipinski definition) is 0. The van der Waals surface area contributed by atoms with Crippen LogP contribution in [0, 0.1) is 6.92 Å². The number of aryl methyl sites for hydroxylation is 1. The highest BCUT2D eigenvalue weighted by molar-refractivity contribution is 5.83. The van der Waals surface area contributed by atoms with E-state index in [2.05, 4.69) is 49.9 Å². The minimum Gasteiger partial charge on any atom is -0.383 e. The van der Waals surface area contributed by atoms with Crippen molar-refractivity contribution in [1.29, 1.82) is 0 Å². The minimum absolute atomic E-state index is 0.728. The van der Waals surface area contributed by atoms with Crippen LogP contribution in [0.5, 0.6) is 0 Å². The fourth-order valence-corrected chi connectivity index (χ4v) is 3.67. The van der Waals surface area contributed by atoms with Crippen LogP contribution in [-0.2, 0) is 30.8 Å². The van der Waals surface area contributed by atoms with Crippen LogP contribution in [0.4, 0.5) is 0 Å². The zero-order chi connectivity index (χ0) is 17.2. The van der Waals surface area contributed by atoms with Gasteiger partial charge in [0.15, 0.2) is 0 Å². The molecule has 0 spiro atoms. The Bertz CT molecular complexity index is 887. The van der Waals surface area contributed by atoms with Crippen molar-refractivity contribution < 1.29 is 4.74 Å². The first-order valence-electron chi connectivity index (χ1n) is 8.84. The number of hydrogen-bond acceptors (Lipinski definition) is 4. The van der Waals surface area contributed by atoms with Crippen LogP contribution in [-0.4, -0.2) is 39.7 Å². The molecule has 0 aliphatic carbocycles. The molecule has 0 saturated heterocycles. The number of ether oxygens (including phenoxy) is 1. The zero-order valence-corrected chi connectivity index (χ0v) is 14.9. The minimum atomic E-state index is 0.728. The SMILES string of the molecule is COCCn1cc(CN2CCc3nc(C)ncc3C2)c2ccccc21. The maximum Gasteiger partial charge on any atom is 0.125 e. The van der Waals surface area contributed by atoms with Gasteiger partial charge in [-0.2, -0.15) is 0 Å². The molecule has 0 bridgehead atoms. The zero-order valence-electron chi connectivity index (χ0n) is 14.9. The fourth-order valence-electron chi connectivity index (χ4n) is 3.67. The molecule has 0 saturated carbocycles. The molecule has 0 N–H and O–H groups in total. The molecule has 0 amide bonds. The molecule has 0 unspecified atom stereocenters. The number of methoxy groups -OCH3 is 1. The number of aromatic nitrogens is 3. The van der Waals surface area contributed by atoms with Crippen molar-refractivity contribution in [2.45, 2.75) is 33.0 Å². The van der Waals surface area contributed by atoms with E-state index in [-0.39, 0.29) is 0 Å². The second-order valence-corrected chi connectivity index (χ2v) is 6.71. The van der Waals surface area contributed by atoms with Crippen LogP contribution in [0.3, 0.4) is 0 Å². The first kappa shape index (κ1) is 16.2. The molecule has 1 aliphatic heterocycles. The maximum atomic E-state index is 5.26. The lowest BCUT2D eigenvalue weighted by molar-refractivity contribution is 0.188. The summed E-state index contributed by atoms with van der Waals surface area (Å²) in [7, 11) is 1.75. The number of nitrogens with zero attached hydrogens (tertiary/aromatic N) is 4. The first-order chi connectivity index (χ1) is 12.2. The Morgan fingerprint density at radius 1 is 1.24 bits per heavy atom. The lowest BCUT2D eigenvalue weighted by Gasteiger charge is -2.27. The monoisotopic (exact) mass is 336 g/mol. The molecule has 3 aromatic rings. The molecule has 25 heavy (non-hydrogen) atoms. The Hall–Kier alpha value is -2.24. The smallest absolute Gasteiger partial charge is 0.125 e. The number of para-hydroxylation sites is 1. The molecule has 5 heteroatoms. The third kappa shape index (κ3) is 3.30. The van der Waals surface area contributed by atoms with Gasteiger partial charge in [-0.3, -0.25) is 4.90 Å². The molecule has 5 nitrogen and oxygen atoms in total. The number of fused-ring (bicyclic) bond motifs is 2. The fraction of sp³-hybridized carbons (Fsp3) is 0.400. The molecule has 0 atom stereocenters. The molecule has 130 valence electrons. The van der Waals surface area contributed by atoms with E-state index in [1.807, 2.05) is 13.1 Å². The largest absolute Gasteiger partial charge is 0.383 e. The quantitative estimate of drug-likeness (QED) is 0.718. The number of rotatable bonds is 5. The number of benzene rings is 1. The van der Waals surface area contributed by atoms with Crippen LogP contribution in [0.15, 0.2) is 36.7 Å². The molecule has 4 rings (SSSR count). The van der Waals surface area contributed by atoms with Crippen molar-refractivity contribution in [3.05, 3.63) is 59.3 Å². The van der Waals surface area contributed by atoms with Gasteiger partial charge in [-0.25, -0.2) is 9.97 Å². The molecular weight excluding hydrogens is 312 g/mol. The van der Waals surface area contributed by atoms with Gasteiger partial charge in [0, 0.05) is 74.3 Å². The molecule has 2 aromatic heterocycles. The first-order valence-corrected chi connectivity index (χ1v) is 8.84. The van der Waals surface area contributed by atoms with Crippen molar-refractivity contribution in [1.82, 2.24) is 19.4 Å². The summed E-state index contributed by atoms with van der Waals surface area (Å²) in [6.45, 7) is 6.49. The van der Waals surface area contributed by atoms with Crippen molar-refractivity contribution in [2.75, 3.05) is 20.3 Å². The standard InChI is InChI=1S/C20H24N4O/c1-15-21-11-16-12-23(8-7-19(16)22-15)13-17-14-24(9-10-25-2)20-6-4-3-5-18(17)20/h3-6,11,14H,7-10,12-13H2,1-2H3. The van der Waals surface area contributed by atoms with Crippen molar-refractivity contribution in [2.24, 2.45) is 0 Å². The van der Waals surface area contributed by atoms with Gasteiger partial charge >= 0.3 is 0 Å². The van der Waals surface area contributed by atoms with Gasteiger partial charge in [0.1, 0.15) is 5.82 Å². The Kier molecular flexibility index (Phi) is 4.51. The van der Waals surface area contributed by atoms with Gasteiger partial charge in [-0.15, -0.1) is 0 Å². The molecule has 1 aliphatic rings. The van der Waals surface area contributed by atoms with Crippen molar-refractivity contribution >= 4 is 10.9 Å². The van der Waals surface area contributed by atoms with Gasteiger partial charge in [-0.05, 0) is 18.6 Å². The summed E-state index contributed by atoms with van der Waals surface area (Å²) >= 11 is 0. The lowest BCUT2D eigenvalue weighted by Crippen LogP contribution is -2.31. The van der Waals surface area contributed by atoms with E-state index in [4.69, 9.17) is 4.74 Å². The van der Waals surface area contributed by atoms with Gasteiger partial charge in [0.05, 0.1) is 6.61 Å². The van der Waals surface area contributed by atoms with E-state index < -0.39 is 0 Å². The topological polar surface area (TPSA) is 43.2 Å². The molecular formula is C20H24N4O. The average Bonchev–Trinajstić information content (AvgIpc) is 2.98. The molecule has 1 aromatic carbocycles. The van der Waals surface area contributed by atoms with E-state index in [0.29, 0.717) is 0 Å². The van der Waals surface area contributed by atoms with Crippen LogP contribution in [0.2, 0.25) is 0 Å². The van der Waals surface area contributed by atoms with E-state index in [9.17, 15) is 0 Å². The highest BCUT2D eigenvalue weighted by atomic mass is 16.5. The Morgan fingerprint density at radius 2 is 2.12 bits per heavy atom. The third-order valence-corrected chi connectivity index (χ3v) is 4.93. The average molecular weight is 336 g/mol. The summed E-state index contributed by atoms with van der Waals surface area (Å²) in [5.74, 6) is 0.869. The van der Waals surface area contributed by atoms with E-state index in [1.54, 1.807) is 7.11 Å². The van der Waals surface area contributed by atoms with Gasteiger partial charge in [-0.1, -0.05) is 18.2 Å². The van der Waals surface area contributed by atoms with Crippen molar-refractivity contribution in [3.63, 3.8) is 0 Å². The van der Waals surface area contributed by atoms with Gasteiger partial charge in [0.25, 0.3) is 0 Å². The van der Waals surface area contributed by atoms with Crippen LogP contribution in [0.25, 0.3) is 10.9 Å². The highest BCUT2D eigenvalue weighted by Gasteiger charge is 2.19. The Labute approximate surface area is 148 Å². The highest BCUT2D eigenvalue weighted by Crippen LogP contribution is 2.25. The second-order valence-electron chi connectivity index (χ2n) is 6.71. The third-order valence-electron chi connectivity index (χ3n) is 4.93. The van der Waals surface area contributed by atoms with Crippen LogP contribution >= 0.6 is 0 Å². The van der Waals surface area contributed by atoms with Gasteiger partial charge in [0.2, 0.25) is 0 Å². The summed E-state index contributed by atoms with van der Waals surface area (Å²) in [5, 5.41) is 1.34. The lowest BCUT2D eigenvalue weighted by atomic mass is 10.1. The summed E-state index contributed by atoms with van der Waals surface area (Å²) in [6.07, 6.45) is 5.28. The summed E-state index contributed by atoms with van der Waals surface area (Å²) in [5.41, 5.74) is 5.14. The molecule has 3 heterocycles. The van der Waals surface area contributed by atoms with Gasteiger partial charge < -0.3 is 9.30 Å². The van der Waals surface area contributed by atoms with Crippen molar-refractivity contribution in [3.8, 4) is 0 Å². The summed E-state index contributed by atoms with van der Waals surface area (Å²) < 4.78 is 7.56. The molecule has 0 fully saturated rings. The van der Waals surface area contributed by atoms with E-state index in [0.717, 1.165) is 45.0 Å². The second kappa shape index (κ2) is 6.94. The van der Waals surface area contributed by atoms with Crippen LogP contribution < -0.4 is 0 Å². The predicted octanol–water partition coefficient (Wildman–Crippen LogP) is 2.94. The van der Waals surface area contributed by atoms with Crippen LogP contribution in [0.1, 0.15) is 22.6 Å². The predicted molar refractivity (Wildman–Crippen MR) is 98.4 cm³/mol. The summed E-state index contributed by atoms with van der Waals surface area (Å²) in [4.78, 5) is 11.4. The maximum absolute atomic E-state index is 5.26. The molecule has 0 radical (unpaired) electrons.